The molecule has 0 spiro atoms. The fourth-order valence-electron chi connectivity index (χ4n) is 2.47. The molecule has 0 heterocycles. The van der Waals surface area contributed by atoms with Crippen LogP contribution < -0.4 is 10.1 Å². The van der Waals surface area contributed by atoms with E-state index in [2.05, 4.69) is 54.7 Å². The van der Waals surface area contributed by atoms with Crippen molar-refractivity contribution in [1.82, 2.24) is 5.32 Å². The molecule has 2 rings (SSSR count). The highest BCUT2D eigenvalue weighted by molar-refractivity contribution is 5.27. The van der Waals surface area contributed by atoms with Gasteiger partial charge in [-0.05, 0) is 56.0 Å². The number of benzene rings is 2. The lowest BCUT2D eigenvalue weighted by molar-refractivity contribution is 0.414. The summed E-state index contributed by atoms with van der Waals surface area (Å²) in [5.41, 5.74) is 2.76. The summed E-state index contributed by atoms with van der Waals surface area (Å²) in [4.78, 5) is 0. The molecule has 2 heteroatoms. The number of hydrogen-bond acceptors (Lipinski definition) is 2. The molecule has 0 radical (unpaired) electrons. The number of aryl methyl sites for hydroxylation is 1. The molecule has 0 aliphatic carbocycles. The second-order valence-corrected chi connectivity index (χ2v) is 5.50. The fraction of sp³-hybridized carbons (Fsp3) is 0.368. The Morgan fingerprint density at radius 1 is 0.952 bits per heavy atom. The van der Waals surface area contributed by atoms with Crippen molar-refractivity contribution in [1.29, 1.82) is 0 Å². The second-order valence-electron chi connectivity index (χ2n) is 5.50. The van der Waals surface area contributed by atoms with E-state index in [9.17, 15) is 0 Å². The number of ether oxygens (including phenoxy) is 1. The van der Waals surface area contributed by atoms with E-state index in [1.807, 2.05) is 12.1 Å². The van der Waals surface area contributed by atoms with Gasteiger partial charge in [0.15, 0.2) is 0 Å². The Kier molecular flexibility index (Phi) is 6.29. The Labute approximate surface area is 128 Å². The van der Waals surface area contributed by atoms with Gasteiger partial charge in [-0.15, -0.1) is 0 Å². The summed E-state index contributed by atoms with van der Waals surface area (Å²) in [6.07, 6.45) is 3.37. The molecule has 2 aromatic rings. The molecule has 0 saturated carbocycles. The van der Waals surface area contributed by atoms with Crippen LogP contribution in [0.3, 0.4) is 0 Å². The monoisotopic (exact) mass is 283 g/mol. The van der Waals surface area contributed by atoms with Crippen molar-refractivity contribution < 1.29 is 4.74 Å². The lowest BCUT2D eigenvalue weighted by Crippen LogP contribution is -2.29. The molecule has 112 valence electrons. The van der Waals surface area contributed by atoms with Crippen molar-refractivity contribution in [2.24, 2.45) is 0 Å². The average molecular weight is 283 g/mol. The molecule has 0 bridgehead atoms. The molecular weight excluding hydrogens is 258 g/mol. The molecule has 0 aliphatic heterocycles. The Balaban J connectivity index is 1.66. The minimum Gasteiger partial charge on any atom is -0.497 e. The van der Waals surface area contributed by atoms with Gasteiger partial charge >= 0.3 is 0 Å². The molecule has 1 N–H and O–H groups in total. The standard InChI is InChI=1S/C19H25NO/c1-16(15-18-10-12-19(21-2)13-11-18)20-14-6-9-17-7-4-3-5-8-17/h3-5,7-8,10-13,16,20H,6,9,14-15H2,1-2H3/t16-/m0/s1. The van der Waals surface area contributed by atoms with Gasteiger partial charge < -0.3 is 10.1 Å². The van der Waals surface area contributed by atoms with Crippen LogP contribution >= 0.6 is 0 Å². The predicted octanol–water partition coefficient (Wildman–Crippen LogP) is 3.85. The SMILES string of the molecule is COc1ccc(C[C@H](C)NCCCc2ccccc2)cc1. The van der Waals surface area contributed by atoms with Crippen LogP contribution in [0.5, 0.6) is 5.75 Å². The summed E-state index contributed by atoms with van der Waals surface area (Å²) >= 11 is 0. The largest absolute Gasteiger partial charge is 0.497 e. The van der Waals surface area contributed by atoms with Crippen LogP contribution in [0.15, 0.2) is 54.6 Å². The van der Waals surface area contributed by atoms with Crippen LogP contribution in [0, 0.1) is 0 Å². The predicted molar refractivity (Wildman–Crippen MR) is 88.9 cm³/mol. The Morgan fingerprint density at radius 2 is 1.67 bits per heavy atom. The van der Waals surface area contributed by atoms with E-state index in [0.29, 0.717) is 6.04 Å². The van der Waals surface area contributed by atoms with E-state index in [1.165, 1.54) is 17.5 Å². The van der Waals surface area contributed by atoms with Gasteiger partial charge in [0.1, 0.15) is 5.75 Å². The first-order chi connectivity index (χ1) is 10.3. The minimum absolute atomic E-state index is 0.495. The van der Waals surface area contributed by atoms with Gasteiger partial charge in [0.25, 0.3) is 0 Å². The summed E-state index contributed by atoms with van der Waals surface area (Å²) in [7, 11) is 1.70. The Bertz CT molecular complexity index is 507. The zero-order valence-electron chi connectivity index (χ0n) is 13.0. The third-order valence-corrected chi connectivity index (χ3v) is 3.68. The fourth-order valence-corrected chi connectivity index (χ4v) is 2.47. The topological polar surface area (TPSA) is 21.3 Å². The number of nitrogens with one attached hydrogen (secondary N) is 1. The molecule has 0 amide bonds. The minimum atomic E-state index is 0.495. The first-order valence-corrected chi connectivity index (χ1v) is 7.68. The first kappa shape index (κ1) is 15.6. The van der Waals surface area contributed by atoms with Gasteiger partial charge in [-0.1, -0.05) is 42.5 Å². The maximum atomic E-state index is 5.18. The summed E-state index contributed by atoms with van der Waals surface area (Å²) in [6, 6.07) is 19.5. The lowest BCUT2D eigenvalue weighted by atomic mass is 10.1. The smallest absolute Gasteiger partial charge is 0.118 e. The maximum absolute atomic E-state index is 5.18. The molecule has 2 nitrogen and oxygen atoms in total. The zero-order valence-corrected chi connectivity index (χ0v) is 13.0. The van der Waals surface area contributed by atoms with Crippen LogP contribution in [0.1, 0.15) is 24.5 Å². The zero-order chi connectivity index (χ0) is 14.9. The maximum Gasteiger partial charge on any atom is 0.118 e. The van der Waals surface area contributed by atoms with Gasteiger partial charge in [0, 0.05) is 6.04 Å². The summed E-state index contributed by atoms with van der Waals surface area (Å²) in [5.74, 6) is 0.919. The summed E-state index contributed by atoms with van der Waals surface area (Å²) < 4.78 is 5.18. The first-order valence-electron chi connectivity index (χ1n) is 7.68. The summed E-state index contributed by atoms with van der Waals surface area (Å²) in [5, 5.41) is 3.60. The van der Waals surface area contributed by atoms with E-state index in [4.69, 9.17) is 4.74 Å². The molecule has 0 fully saturated rings. The average Bonchev–Trinajstić information content (AvgIpc) is 2.53. The molecule has 2 aromatic carbocycles. The van der Waals surface area contributed by atoms with Crippen LogP contribution in [-0.4, -0.2) is 19.7 Å². The van der Waals surface area contributed by atoms with Crippen molar-refractivity contribution in [2.45, 2.75) is 32.2 Å². The van der Waals surface area contributed by atoms with Crippen LogP contribution in [0.2, 0.25) is 0 Å². The molecular formula is C19H25NO. The van der Waals surface area contributed by atoms with Gasteiger partial charge in [0.05, 0.1) is 7.11 Å². The van der Waals surface area contributed by atoms with E-state index < -0.39 is 0 Å². The van der Waals surface area contributed by atoms with Crippen molar-refractivity contribution in [3.63, 3.8) is 0 Å². The van der Waals surface area contributed by atoms with E-state index >= 15 is 0 Å². The highest BCUT2D eigenvalue weighted by atomic mass is 16.5. The quantitative estimate of drug-likeness (QED) is 0.743. The second kappa shape index (κ2) is 8.48. The molecule has 1 atom stereocenters. The molecule has 0 aliphatic rings. The number of rotatable bonds is 8. The summed E-state index contributed by atoms with van der Waals surface area (Å²) in [6.45, 7) is 3.30. The van der Waals surface area contributed by atoms with Crippen molar-refractivity contribution >= 4 is 0 Å². The number of hydrogen-bond donors (Lipinski definition) is 1. The molecule has 0 saturated heterocycles. The lowest BCUT2D eigenvalue weighted by Gasteiger charge is -2.14. The van der Waals surface area contributed by atoms with Gasteiger partial charge in [-0.3, -0.25) is 0 Å². The van der Waals surface area contributed by atoms with Gasteiger partial charge in [0.2, 0.25) is 0 Å². The highest BCUT2D eigenvalue weighted by Crippen LogP contribution is 2.12. The van der Waals surface area contributed by atoms with Crippen LogP contribution in [-0.2, 0) is 12.8 Å². The Hall–Kier alpha value is -1.80. The third kappa shape index (κ3) is 5.60. The van der Waals surface area contributed by atoms with Crippen LogP contribution in [0.4, 0.5) is 0 Å². The normalized spacial score (nSPS) is 12.1. The highest BCUT2D eigenvalue weighted by Gasteiger charge is 2.03. The van der Waals surface area contributed by atoms with Gasteiger partial charge in [-0.2, -0.15) is 0 Å². The van der Waals surface area contributed by atoms with Crippen molar-refractivity contribution in [3.8, 4) is 5.75 Å². The molecule has 0 aromatic heterocycles. The van der Waals surface area contributed by atoms with Crippen molar-refractivity contribution in [2.75, 3.05) is 13.7 Å². The third-order valence-electron chi connectivity index (χ3n) is 3.68. The van der Waals surface area contributed by atoms with E-state index in [-0.39, 0.29) is 0 Å². The van der Waals surface area contributed by atoms with Gasteiger partial charge in [-0.25, -0.2) is 0 Å². The van der Waals surface area contributed by atoms with E-state index in [0.717, 1.165) is 25.1 Å². The van der Waals surface area contributed by atoms with Crippen LogP contribution in [0.25, 0.3) is 0 Å². The molecule has 21 heavy (non-hydrogen) atoms. The van der Waals surface area contributed by atoms with E-state index in [1.54, 1.807) is 7.11 Å². The Morgan fingerprint density at radius 3 is 2.33 bits per heavy atom. The number of methoxy groups -OCH3 is 1. The van der Waals surface area contributed by atoms with Crippen molar-refractivity contribution in [3.05, 3.63) is 65.7 Å². The molecule has 0 unspecified atom stereocenters.